The number of anilines is 1. The van der Waals surface area contributed by atoms with Crippen molar-refractivity contribution < 1.29 is 14.6 Å². The third-order valence-corrected chi connectivity index (χ3v) is 7.84. The van der Waals surface area contributed by atoms with Crippen LogP contribution in [0, 0.1) is 11.8 Å². The van der Waals surface area contributed by atoms with E-state index in [1.807, 2.05) is 30.3 Å². The summed E-state index contributed by atoms with van der Waals surface area (Å²) >= 11 is 1.78. The van der Waals surface area contributed by atoms with Crippen LogP contribution in [0.4, 0.5) is 5.13 Å². The van der Waals surface area contributed by atoms with E-state index in [2.05, 4.69) is 64.1 Å². The van der Waals surface area contributed by atoms with E-state index in [-0.39, 0.29) is 12.3 Å². The molecular formula is C31H31N3O3S. The number of aliphatic carboxylic acids is 1. The molecule has 38 heavy (non-hydrogen) atoms. The van der Waals surface area contributed by atoms with Gasteiger partial charge in [-0.1, -0.05) is 65.8 Å². The summed E-state index contributed by atoms with van der Waals surface area (Å²) < 4.78 is 7.21. The van der Waals surface area contributed by atoms with Crippen LogP contribution in [0.25, 0.3) is 10.2 Å². The third kappa shape index (κ3) is 6.52. The number of piperazine rings is 1. The number of nitrogens with zero attached hydrogens (tertiary/aromatic N) is 3. The van der Waals surface area contributed by atoms with E-state index >= 15 is 0 Å². The van der Waals surface area contributed by atoms with Crippen molar-refractivity contribution in [2.75, 3.05) is 31.1 Å². The Morgan fingerprint density at radius 3 is 2.39 bits per heavy atom. The normalized spacial score (nSPS) is 14.6. The summed E-state index contributed by atoms with van der Waals surface area (Å²) in [5, 5.41) is 10.3. The molecule has 0 amide bonds. The van der Waals surface area contributed by atoms with Crippen molar-refractivity contribution in [3.63, 3.8) is 0 Å². The largest absolute Gasteiger partial charge is 0.489 e. The Balaban J connectivity index is 1.09. The van der Waals surface area contributed by atoms with Gasteiger partial charge < -0.3 is 14.7 Å². The van der Waals surface area contributed by atoms with Gasteiger partial charge in [-0.25, -0.2) is 4.98 Å². The molecule has 0 radical (unpaired) electrons. The lowest BCUT2D eigenvalue weighted by Gasteiger charge is -2.34. The number of benzene rings is 3. The van der Waals surface area contributed by atoms with Gasteiger partial charge in [0, 0.05) is 32.7 Å². The summed E-state index contributed by atoms with van der Waals surface area (Å²) in [5.74, 6) is 5.39. The Labute approximate surface area is 227 Å². The van der Waals surface area contributed by atoms with Crippen molar-refractivity contribution in [3.05, 3.63) is 89.5 Å². The molecule has 2 heterocycles. The van der Waals surface area contributed by atoms with E-state index < -0.39 is 5.97 Å². The number of rotatable bonds is 9. The summed E-state index contributed by atoms with van der Waals surface area (Å²) in [6.07, 6.45) is -0.00771. The van der Waals surface area contributed by atoms with Gasteiger partial charge in [0.1, 0.15) is 12.4 Å². The zero-order valence-corrected chi connectivity index (χ0v) is 22.3. The molecule has 7 heteroatoms. The van der Waals surface area contributed by atoms with Gasteiger partial charge in [-0.15, -0.1) is 5.92 Å². The first kappa shape index (κ1) is 25.8. The number of thiazole rings is 1. The standard InChI is InChI=1S/C31H31N3O3S/c1-2-5-26(20-30(35)36)25-12-14-27(15-13-25)37-22-24-10-8-23(9-11-24)21-33-16-18-34(19-17-33)31-32-28-6-3-4-7-29(28)38-31/h3-4,6-15,26H,16-22H2,1H3,(H,35,36). The van der Waals surface area contributed by atoms with Crippen LogP contribution in [0.5, 0.6) is 5.75 Å². The van der Waals surface area contributed by atoms with Crippen molar-refractivity contribution in [1.29, 1.82) is 0 Å². The molecule has 5 rings (SSSR count). The predicted molar refractivity (Wildman–Crippen MR) is 153 cm³/mol. The average Bonchev–Trinajstić information content (AvgIpc) is 3.37. The zero-order chi connectivity index (χ0) is 26.3. The summed E-state index contributed by atoms with van der Waals surface area (Å²) in [4.78, 5) is 20.8. The molecular weight excluding hydrogens is 494 g/mol. The van der Waals surface area contributed by atoms with Gasteiger partial charge in [0.2, 0.25) is 0 Å². The molecule has 1 aromatic heterocycles. The Kier molecular flexibility index (Phi) is 8.22. The molecule has 0 spiro atoms. The first-order valence-corrected chi connectivity index (χ1v) is 13.7. The molecule has 4 aromatic rings. The van der Waals surface area contributed by atoms with E-state index in [4.69, 9.17) is 14.8 Å². The van der Waals surface area contributed by atoms with E-state index in [0.717, 1.165) is 60.2 Å². The molecule has 6 nitrogen and oxygen atoms in total. The highest BCUT2D eigenvalue weighted by Crippen LogP contribution is 2.29. The summed E-state index contributed by atoms with van der Waals surface area (Å²) in [6.45, 7) is 7.17. The van der Waals surface area contributed by atoms with Crippen molar-refractivity contribution in [2.24, 2.45) is 0 Å². The number of carboxylic acid groups (broad SMARTS) is 1. The minimum absolute atomic E-state index is 0.00771. The molecule has 1 aliphatic heterocycles. The van der Waals surface area contributed by atoms with Crippen molar-refractivity contribution in [2.45, 2.75) is 32.4 Å². The van der Waals surface area contributed by atoms with Gasteiger partial charge in [-0.05, 0) is 47.9 Å². The number of hydrogen-bond acceptors (Lipinski definition) is 6. The summed E-state index contributed by atoms with van der Waals surface area (Å²) in [6, 6.07) is 24.5. The molecule has 0 saturated carbocycles. The predicted octanol–water partition coefficient (Wildman–Crippen LogP) is 5.78. The monoisotopic (exact) mass is 525 g/mol. The molecule has 1 atom stereocenters. The summed E-state index contributed by atoms with van der Waals surface area (Å²) in [7, 11) is 0. The van der Waals surface area contributed by atoms with Crippen LogP contribution in [0.1, 0.15) is 36.0 Å². The molecule has 194 valence electrons. The molecule has 1 fully saturated rings. The van der Waals surface area contributed by atoms with Gasteiger partial charge >= 0.3 is 5.97 Å². The second kappa shape index (κ2) is 12.1. The van der Waals surface area contributed by atoms with E-state index in [1.165, 1.54) is 10.3 Å². The topological polar surface area (TPSA) is 65.9 Å². The molecule has 0 bridgehead atoms. The quantitative estimate of drug-likeness (QED) is 0.280. The van der Waals surface area contributed by atoms with Crippen LogP contribution in [-0.2, 0) is 17.9 Å². The molecule has 1 saturated heterocycles. The Bertz CT molecular complexity index is 1400. The Morgan fingerprint density at radius 2 is 1.71 bits per heavy atom. The van der Waals surface area contributed by atoms with Crippen LogP contribution in [0.3, 0.4) is 0 Å². The number of carboxylic acids is 1. The molecule has 3 aromatic carbocycles. The summed E-state index contributed by atoms with van der Waals surface area (Å²) in [5.41, 5.74) is 4.38. The van der Waals surface area contributed by atoms with Gasteiger partial charge in [-0.3, -0.25) is 9.69 Å². The second-order valence-electron chi connectivity index (χ2n) is 9.45. The van der Waals surface area contributed by atoms with Gasteiger partial charge in [0.25, 0.3) is 0 Å². The number of hydrogen-bond donors (Lipinski definition) is 1. The first-order chi connectivity index (χ1) is 18.6. The third-order valence-electron chi connectivity index (χ3n) is 6.74. The second-order valence-corrected chi connectivity index (χ2v) is 10.5. The maximum Gasteiger partial charge on any atom is 0.304 e. The lowest BCUT2D eigenvalue weighted by molar-refractivity contribution is -0.137. The van der Waals surface area contributed by atoms with Gasteiger partial charge in [0.05, 0.1) is 22.6 Å². The molecule has 0 aliphatic carbocycles. The lowest BCUT2D eigenvalue weighted by atomic mass is 9.96. The van der Waals surface area contributed by atoms with E-state index in [9.17, 15) is 4.79 Å². The first-order valence-electron chi connectivity index (χ1n) is 12.8. The number of para-hydroxylation sites is 1. The SMILES string of the molecule is CC#CC(CC(=O)O)c1ccc(OCc2ccc(CN3CCN(c4nc5ccccc5s4)CC3)cc2)cc1. The minimum Gasteiger partial charge on any atom is -0.489 e. The molecule has 1 unspecified atom stereocenters. The number of fused-ring (bicyclic) bond motifs is 1. The van der Waals surface area contributed by atoms with Crippen LogP contribution in [-0.4, -0.2) is 47.1 Å². The van der Waals surface area contributed by atoms with Crippen LogP contribution in [0.2, 0.25) is 0 Å². The number of ether oxygens (including phenoxy) is 1. The fourth-order valence-corrected chi connectivity index (χ4v) is 5.67. The maximum absolute atomic E-state index is 11.1. The lowest BCUT2D eigenvalue weighted by Crippen LogP contribution is -2.45. The maximum atomic E-state index is 11.1. The zero-order valence-electron chi connectivity index (χ0n) is 21.5. The van der Waals surface area contributed by atoms with Crippen LogP contribution < -0.4 is 9.64 Å². The van der Waals surface area contributed by atoms with Crippen molar-refractivity contribution in [3.8, 4) is 17.6 Å². The van der Waals surface area contributed by atoms with Crippen LogP contribution in [0.15, 0.2) is 72.8 Å². The fourth-order valence-electron chi connectivity index (χ4n) is 4.66. The van der Waals surface area contributed by atoms with E-state index in [1.54, 1.807) is 18.3 Å². The van der Waals surface area contributed by atoms with Crippen molar-refractivity contribution in [1.82, 2.24) is 9.88 Å². The van der Waals surface area contributed by atoms with Crippen molar-refractivity contribution >= 4 is 32.7 Å². The highest BCUT2D eigenvalue weighted by atomic mass is 32.1. The Hall–Kier alpha value is -3.86. The average molecular weight is 526 g/mol. The minimum atomic E-state index is -0.853. The fraction of sp³-hybridized carbons (Fsp3) is 0.290. The smallest absolute Gasteiger partial charge is 0.304 e. The number of carbonyl (C=O) groups is 1. The molecule has 1 N–H and O–H groups in total. The van der Waals surface area contributed by atoms with Gasteiger partial charge in [0.15, 0.2) is 5.13 Å². The highest BCUT2D eigenvalue weighted by molar-refractivity contribution is 7.22. The molecule has 1 aliphatic rings. The Morgan fingerprint density at radius 1 is 1.00 bits per heavy atom. The van der Waals surface area contributed by atoms with E-state index in [0.29, 0.717) is 6.61 Å². The van der Waals surface area contributed by atoms with Crippen LogP contribution >= 0.6 is 11.3 Å². The van der Waals surface area contributed by atoms with Gasteiger partial charge in [-0.2, -0.15) is 0 Å². The number of aromatic nitrogens is 1. The highest BCUT2D eigenvalue weighted by Gasteiger charge is 2.20.